The summed E-state index contributed by atoms with van der Waals surface area (Å²) in [7, 11) is 0. The normalized spacial score (nSPS) is 14.6. The summed E-state index contributed by atoms with van der Waals surface area (Å²) >= 11 is 1.45. The lowest BCUT2D eigenvalue weighted by Crippen LogP contribution is -2.31. The van der Waals surface area contributed by atoms with Crippen molar-refractivity contribution in [3.63, 3.8) is 0 Å². The maximum atomic E-state index is 11.7. The summed E-state index contributed by atoms with van der Waals surface area (Å²) in [4.78, 5) is 26.2. The second kappa shape index (κ2) is 6.83. The highest BCUT2D eigenvalue weighted by atomic mass is 32.1. The molecule has 2 aromatic heterocycles. The van der Waals surface area contributed by atoms with Gasteiger partial charge in [-0.2, -0.15) is 0 Å². The first-order chi connectivity index (χ1) is 12.6. The maximum absolute atomic E-state index is 11.7. The minimum atomic E-state index is -0.412. The molecule has 3 heterocycles. The highest BCUT2D eigenvalue weighted by molar-refractivity contribution is 7.22. The van der Waals surface area contributed by atoms with E-state index >= 15 is 0 Å². The van der Waals surface area contributed by atoms with Gasteiger partial charge in [0.15, 0.2) is 5.13 Å². The summed E-state index contributed by atoms with van der Waals surface area (Å²) in [6, 6.07) is 5.95. The number of piperidine rings is 1. The third-order valence-corrected chi connectivity index (χ3v) is 5.42. The van der Waals surface area contributed by atoms with E-state index in [2.05, 4.69) is 20.3 Å². The molecule has 0 amide bonds. The molecule has 134 valence electrons. The quantitative estimate of drug-likeness (QED) is 0.547. The molecule has 0 bridgehead atoms. The maximum Gasteiger partial charge on any atom is 0.353 e. The van der Waals surface area contributed by atoms with Gasteiger partial charge >= 0.3 is 5.69 Å². The third kappa shape index (κ3) is 3.05. The summed E-state index contributed by atoms with van der Waals surface area (Å²) in [5, 5.41) is 15.4. The molecule has 9 heteroatoms. The van der Waals surface area contributed by atoms with Gasteiger partial charge in [0.25, 0.3) is 0 Å². The Balaban J connectivity index is 1.73. The summed E-state index contributed by atoms with van der Waals surface area (Å²) in [5.41, 5.74) is 1.87. The zero-order valence-electron chi connectivity index (χ0n) is 14.3. The molecule has 0 aliphatic carbocycles. The number of aryl methyl sites for hydroxylation is 1. The fourth-order valence-electron chi connectivity index (χ4n) is 3.21. The van der Waals surface area contributed by atoms with Crippen molar-refractivity contribution in [3.05, 3.63) is 40.2 Å². The predicted octanol–water partition coefficient (Wildman–Crippen LogP) is 4.04. The van der Waals surface area contributed by atoms with Crippen LogP contribution >= 0.6 is 11.3 Å². The predicted molar refractivity (Wildman–Crippen MR) is 102 cm³/mol. The van der Waals surface area contributed by atoms with Gasteiger partial charge in [0.2, 0.25) is 11.6 Å². The van der Waals surface area contributed by atoms with Crippen LogP contribution in [0, 0.1) is 17.0 Å². The van der Waals surface area contributed by atoms with Crippen molar-refractivity contribution in [2.75, 3.05) is 23.3 Å². The number of nitrogens with one attached hydrogen (secondary N) is 1. The average Bonchev–Trinajstić information content (AvgIpc) is 3.06. The fraction of sp³-hybridized carbons (Fsp3) is 0.353. The molecule has 26 heavy (non-hydrogen) atoms. The van der Waals surface area contributed by atoms with E-state index in [4.69, 9.17) is 0 Å². The third-order valence-electron chi connectivity index (χ3n) is 4.49. The van der Waals surface area contributed by atoms with Crippen LogP contribution in [0.4, 0.5) is 22.5 Å². The van der Waals surface area contributed by atoms with Crippen LogP contribution < -0.4 is 10.2 Å². The summed E-state index contributed by atoms with van der Waals surface area (Å²) in [6.45, 7) is 3.54. The standard InChI is InChI=1S/C17H18N6O2S/c1-11-6-5-7-12-13(11)20-17(26-12)21-15-14(23(24)25)16(19-10-18-15)22-8-3-2-4-9-22/h5-7,10H,2-4,8-9H2,1H3,(H,18,19,20,21). The smallest absolute Gasteiger partial charge is 0.351 e. The molecule has 1 N–H and O–H groups in total. The molecule has 4 rings (SSSR count). The van der Waals surface area contributed by atoms with Gasteiger partial charge in [-0.1, -0.05) is 23.5 Å². The second-order valence-corrected chi connectivity index (χ2v) is 7.30. The monoisotopic (exact) mass is 370 g/mol. The number of benzene rings is 1. The molecular formula is C17H18N6O2S. The Kier molecular flexibility index (Phi) is 4.37. The van der Waals surface area contributed by atoms with Crippen LogP contribution in [0.2, 0.25) is 0 Å². The van der Waals surface area contributed by atoms with Crippen molar-refractivity contribution >= 4 is 44.0 Å². The van der Waals surface area contributed by atoms with Crippen LogP contribution in [-0.4, -0.2) is 33.0 Å². The first kappa shape index (κ1) is 16.6. The van der Waals surface area contributed by atoms with E-state index < -0.39 is 4.92 Å². The number of hydrogen-bond donors (Lipinski definition) is 1. The number of hydrogen-bond acceptors (Lipinski definition) is 8. The SMILES string of the molecule is Cc1cccc2sc(Nc3ncnc(N4CCCCC4)c3[N+](=O)[O-])nc12. The molecule has 0 atom stereocenters. The molecule has 1 aromatic carbocycles. The van der Waals surface area contributed by atoms with Gasteiger partial charge in [-0.15, -0.1) is 0 Å². The van der Waals surface area contributed by atoms with E-state index in [1.54, 1.807) is 0 Å². The number of fused-ring (bicyclic) bond motifs is 1. The fourth-order valence-corrected chi connectivity index (χ4v) is 4.15. The van der Waals surface area contributed by atoms with Crippen molar-refractivity contribution in [3.8, 4) is 0 Å². The van der Waals surface area contributed by atoms with Crippen molar-refractivity contribution < 1.29 is 4.92 Å². The largest absolute Gasteiger partial charge is 0.353 e. The number of rotatable bonds is 4. The molecule has 1 aliphatic rings. The Hall–Kier alpha value is -2.81. The Bertz CT molecular complexity index is 967. The van der Waals surface area contributed by atoms with Gasteiger partial charge in [0.1, 0.15) is 6.33 Å². The Morgan fingerprint density at radius 3 is 2.77 bits per heavy atom. The van der Waals surface area contributed by atoms with Crippen molar-refractivity contribution in [1.29, 1.82) is 0 Å². The number of para-hydroxylation sites is 1. The number of aromatic nitrogens is 3. The minimum absolute atomic E-state index is 0.0922. The van der Waals surface area contributed by atoms with E-state index in [1.807, 2.05) is 30.0 Å². The second-order valence-electron chi connectivity index (χ2n) is 6.26. The molecule has 1 aliphatic heterocycles. The molecule has 0 radical (unpaired) electrons. The molecular weight excluding hydrogens is 352 g/mol. The van der Waals surface area contributed by atoms with Crippen LogP contribution in [0.15, 0.2) is 24.5 Å². The minimum Gasteiger partial charge on any atom is -0.351 e. The van der Waals surface area contributed by atoms with Crippen molar-refractivity contribution in [2.45, 2.75) is 26.2 Å². The summed E-state index contributed by atoms with van der Waals surface area (Å²) in [6.07, 6.45) is 4.55. The zero-order chi connectivity index (χ0) is 18.1. The number of thiazole rings is 1. The number of nitrogens with zero attached hydrogens (tertiary/aromatic N) is 5. The van der Waals surface area contributed by atoms with Crippen molar-refractivity contribution in [1.82, 2.24) is 15.0 Å². The van der Waals surface area contributed by atoms with Gasteiger partial charge < -0.3 is 10.2 Å². The Morgan fingerprint density at radius 2 is 2.04 bits per heavy atom. The highest BCUT2D eigenvalue weighted by Crippen LogP contribution is 2.36. The first-order valence-corrected chi connectivity index (χ1v) is 9.32. The van der Waals surface area contributed by atoms with E-state index in [1.165, 1.54) is 17.7 Å². The van der Waals surface area contributed by atoms with Crippen LogP contribution in [-0.2, 0) is 0 Å². The van der Waals surface area contributed by atoms with Crippen LogP contribution in [0.3, 0.4) is 0 Å². The van der Waals surface area contributed by atoms with Crippen LogP contribution in [0.25, 0.3) is 10.2 Å². The van der Waals surface area contributed by atoms with E-state index in [0.717, 1.165) is 48.1 Å². The molecule has 0 spiro atoms. The van der Waals surface area contributed by atoms with E-state index in [-0.39, 0.29) is 11.5 Å². The van der Waals surface area contributed by atoms with Gasteiger partial charge in [-0.3, -0.25) is 10.1 Å². The average molecular weight is 370 g/mol. The van der Waals surface area contributed by atoms with Crippen molar-refractivity contribution in [2.24, 2.45) is 0 Å². The van der Waals surface area contributed by atoms with Gasteiger partial charge in [0, 0.05) is 13.1 Å². The topological polar surface area (TPSA) is 97.1 Å². The molecule has 3 aromatic rings. The summed E-state index contributed by atoms with van der Waals surface area (Å²) < 4.78 is 1.03. The summed E-state index contributed by atoms with van der Waals surface area (Å²) in [5.74, 6) is 0.562. The van der Waals surface area contributed by atoms with Gasteiger partial charge in [-0.25, -0.2) is 15.0 Å². The van der Waals surface area contributed by atoms with Gasteiger partial charge in [-0.05, 0) is 37.8 Å². The highest BCUT2D eigenvalue weighted by Gasteiger charge is 2.28. The lowest BCUT2D eigenvalue weighted by atomic mass is 10.1. The molecule has 8 nitrogen and oxygen atoms in total. The van der Waals surface area contributed by atoms with Crippen LogP contribution in [0.1, 0.15) is 24.8 Å². The van der Waals surface area contributed by atoms with E-state index in [9.17, 15) is 10.1 Å². The number of nitro groups is 1. The zero-order valence-corrected chi connectivity index (χ0v) is 15.1. The molecule has 1 fully saturated rings. The van der Waals surface area contributed by atoms with Gasteiger partial charge in [0.05, 0.1) is 15.1 Å². The molecule has 0 saturated carbocycles. The first-order valence-electron chi connectivity index (χ1n) is 8.51. The number of anilines is 3. The lowest BCUT2D eigenvalue weighted by Gasteiger charge is -2.27. The molecule has 0 unspecified atom stereocenters. The lowest BCUT2D eigenvalue weighted by molar-refractivity contribution is -0.383. The van der Waals surface area contributed by atoms with Crippen LogP contribution in [0.5, 0.6) is 0 Å². The Labute approximate surface area is 154 Å². The molecule has 1 saturated heterocycles. The van der Waals surface area contributed by atoms with E-state index in [0.29, 0.717) is 10.9 Å². The Morgan fingerprint density at radius 1 is 1.23 bits per heavy atom.